The van der Waals surface area contributed by atoms with Gasteiger partial charge in [0.1, 0.15) is 0 Å². The van der Waals surface area contributed by atoms with Gasteiger partial charge in [-0.1, -0.05) is 43.6 Å². The molecule has 0 aromatic heterocycles. The quantitative estimate of drug-likeness (QED) is 0.591. The fraction of sp³-hybridized carbons (Fsp3) is 0.846. The molecule has 3 nitrogen and oxygen atoms in total. The van der Waals surface area contributed by atoms with E-state index in [0.717, 1.165) is 5.33 Å². The lowest BCUT2D eigenvalue weighted by atomic mass is 9.81. The maximum absolute atomic E-state index is 12.0. The molecule has 0 saturated carbocycles. The third-order valence-electron chi connectivity index (χ3n) is 3.42. The molecule has 1 atom stereocenters. The summed E-state index contributed by atoms with van der Waals surface area (Å²) >= 11 is 3.46. The van der Waals surface area contributed by atoms with Crippen molar-refractivity contribution in [3.63, 3.8) is 0 Å². The zero-order valence-electron chi connectivity index (χ0n) is 11.1. The van der Waals surface area contributed by atoms with Crippen LogP contribution in [0.3, 0.4) is 0 Å². The molecule has 17 heavy (non-hydrogen) atoms. The van der Waals surface area contributed by atoms with Crippen LogP contribution in [0, 0.1) is 17.3 Å². The molecule has 0 aromatic carbocycles. The van der Waals surface area contributed by atoms with Crippen LogP contribution < -0.4 is 0 Å². The fourth-order valence-corrected chi connectivity index (χ4v) is 3.04. The van der Waals surface area contributed by atoms with Crippen LogP contribution in [0.15, 0.2) is 0 Å². The zero-order valence-corrected chi connectivity index (χ0v) is 12.7. The summed E-state index contributed by atoms with van der Waals surface area (Å²) in [4.78, 5) is 25.4. The minimum Gasteiger partial charge on any atom is -0.282 e. The van der Waals surface area contributed by atoms with E-state index in [9.17, 15) is 9.59 Å². The average Bonchev–Trinajstić information content (AvgIpc) is 2.14. The highest BCUT2D eigenvalue weighted by Gasteiger charge is 2.38. The zero-order chi connectivity index (χ0) is 13.2. The lowest BCUT2D eigenvalue weighted by molar-refractivity contribution is -0.153. The molecule has 0 N–H and O–H groups in total. The Kier molecular flexibility index (Phi) is 4.76. The van der Waals surface area contributed by atoms with Crippen LogP contribution in [0.5, 0.6) is 0 Å². The van der Waals surface area contributed by atoms with Crippen molar-refractivity contribution in [3.8, 4) is 0 Å². The van der Waals surface area contributed by atoms with E-state index in [2.05, 4.69) is 29.8 Å². The number of carbonyl (C=O) groups is 2. The number of hydrogen-bond acceptors (Lipinski definition) is 2. The summed E-state index contributed by atoms with van der Waals surface area (Å²) < 4.78 is 0. The first-order valence-electron chi connectivity index (χ1n) is 6.16. The monoisotopic (exact) mass is 303 g/mol. The minimum atomic E-state index is -0.174. The number of imide groups is 1. The smallest absolute Gasteiger partial charge is 0.229 e. The Bertz CT molecular complexity index is 293. The lowest BCUT2D eigenvalue weighted by Crippen LogP contribution is -2.48. The van der Waals surface area contributed by atoms with Crippen molar-refractivity contribution in [2.75, 3.05) is 11.9 Å². The molecule has 1 heterocycles. The molecule has 0 aromatic rings. The Morgan fingerprint density at radius 3 is 2.06 bits per heavy atom. The number of amides is 2. The van der Waals surface area contributed by atoms with Crippen molar-refractivity contribution in [1.82, 2.24) is 4.90 Å². The third kappa shape index (κ3) is 3.80. The second kappa shape index (κ2) is 5.51. The van der Waals surface area contributed by atoms with Gasteiger partial charge in [0.05, 0.1) is 0 Å². The van der Waals surface area contributed by atoms with Crippen molar-refractivity contribution in [1.29, 1.82) is 0 Å². The Balaban J connectivity index is 2.72. The number of hydrogen-bond donors (Lipinski definition) is 0. The second-order valence-corrected chi connectivity index (χ2v) is 6.72. The molecular weight excluding hydrogens is 282 g/mol. The molecule has 1 saturated heterocycles. The van der Waals surface area contributed by atoms with Crippen LogP contribution in [0.2, 0.25) is 0 Å². The molecule has 1 fully saturated rings. The van der Waals surface area contributed by atoms with Gasteiger partial charge in [0.25, 0.3) is 0 Å². The summed E-state index contributed by atoms with van der Waals surface area (Å²) in [5.74, 6) is 0.768. The largest absolute Gasteiger partial charge is 0.282 e. The van der Waals surface area contributed by atoms with Crippen molar-refractivity contribution in [2.45, 2.75) is 40.5 Å². The van der Waals surface area contributed by atoms with Crippen LogP contribution >= 0.6 is 15.9 Å². The Labute approximate surface area is 112 Å². The van der Waals surface area contributed by atoms with Gasteiger partial charge in [0.2, 0.25) is 11.8 Å². The van der Waals surface area contributed by atoms with Gasteiger partial charge >= 0.3 is 0 Å². The van der Waals surface area contributed by atoms with E-state index in [4.69, 9.17) is 0 Å². The molecule has 2 amide bonds. The number of piperidine rings is 1. The predicted octanol–water partition coefficient (Wildman–Crippen LogP) is 2.83. The van der Waals surface area contributed by atoms with Gasteiger partial charge in [-0.3, -0.25) is 14.5 Å². The maximum atomic E-state index is 12.0. The van der Waals surface area contributed by atoms with Gasteiger partial charge in [-0.15, -0.1) is 0 Å². The van der Waals surface area contributed by atoms with Crippen LogP contribution in [0.1, 0.15) is 40.5 Å². The highest BCUT2D eigenvalue weighted by molar-refractivity contribution is 9.09. The van der Waals surface area contributed by atoms with Crippen molar-refractivity contribution >= 4 is 27.7 Å². The van der Waals surface area contributed by atoms with Crippen LogP contribution in [0.25, 0.3) is 0 Å². The lowest BCUT2D eigenvalue weighted by Gasteiger charge is -2.36. The summed E-state index contributed by atoms with van der Waals surface area (Å²) in [7, 11) is 0. The number of alkyl halides is 1. The second-order valence-electron chi connectivity index (χ2n) is 6.07. The third-order valence-corrected chi connectivity index (χ3v) is 4.25. The topological polar surface area (TPSA) is 37.4 Å². The van der Waals surface area contributed by atoms with Gasteiger partial charge in [-0.2, -0.15) is 0 Å². The van der Waals surface area contributed by atoms with Crippen molar-refractivity contribution in [2.24, 2.45) is 17.3 Å². The average molecular weight is 304 g/mol. The standard InChI is InChI=1S/C13H22BrNO2/c1-9(2)10(7-14)8-15-11(16)5-13(3,4)6-12(15)17/h9-10H,5-8H2,1-4H3. The normalized spacial score (nSPS) is 22.1. The first kappa shape index (κ1) is 14.7. The van der Waals surface area contributed by atoms with E-state index < -0.39 is 0 Å². The summed E-state index contributed by atoms with van der Waals surface area (Å²) in [5.41, 5.74) is -0.174. The van der Waals surface area contributed by atoms with Crippen molar-refractivity contribution in [3.05, 3.63) is 0 Å². The van der Waals surface area contributed by atoms with Gasteiger partial charge in [0, 0.05) is 24.7 Å². The maximum Gasteiger partial charge on any atom is 0.229 e. The van der Waals surface area contributed by atoms with Gasteiger partial charge in [-0.05, 0) is 17.3 Å². The highest BCUT2D eigenvalue weighted by atomic mass is 79.9. The SMILES string of the molecule is CC(C)C(CBr)CN1C(=O)CC(C)(C)CC1=O. The molecule has 98 valence electrons. The van der Waals surface area contributed by atoms with E-state index in [-0.39, 0.29) is 17.2 Å². The summed E-state index contributed by atoms with van der Waals surface area (Å²) in [5, 5.41) is 0.825. The summed E-state index contributed by atoms with van der Waals surface area (Å²) in [6, 6.07) is 0. The van der Waals surface area contributed by atoms with E-state index in [0.29, 0.717) is 31.2 Å². The summed E-state index contributed by atoms with van der Waals surface area (Å²) in [6.07, 6.45) is 0.956. The fourth-order valence-electron chi connectivity index (χ4n) is 2.09. The minimum absolute atomic E-state index is 0.0159. The molecule has 1 rings (SSSR count). The highest BCUT2D eigenvalue weighted by Crippen LogP contribution is 2.32. The molecular formula is C13H22BrNO2. The molecule has 1 unspecified atom stereocenters. The summed E-state index contributed by atoms with van der Waals surface area (Å²) in [6.45, 7) is 8.75. The number of likely N-dealkylation sites (tertiary alicyclic amines) is 1. The first-order chi connectivity index (χ1) is 7.76. The Hall–Kier alpha value is -0.380. The van der Waals surface area contributed by atoms with E-state index >= 15 is 0 Å². The molecule has 4 heteroatoms. The van der Waals surface area contributed by atoms with Crippen molar-refractivity contribution < 1.29 is 9.59 Å². The number of halogens is 1. The molecule has 1 aliphatic heterocycles. The number of rotatable bonds is 4. The number of carbonyl (C=O) groups excluding carboxylic acids is 2. The Morgan fingerprint density at radius 2 is 1.71 bits per heavy atom. The molecule has 0 radical (unpaired) electrons. The molecule has 1 aliphatic rings. The number of nitrogens with zero attached hydrogens (tertiary/aromatic N) is 1. The van der Waals surface area contributed by atoms with Crippen LogP contribution in [-0.4, -0.2) is 28.6 Å². The Morgan fingerprint density at radius 1 is 1.24 bits per heavy atom. The molecule has 0 spiro atoms. The predicted molar refractivity (Wildman–Crippen MR) is 71.9 cm³/mol. The van der Waals surface area contributed by atoms with Gasteiger partial charge < -0.3 is 0 Å². The molecule has 0 aliphatic carbocycles. The van der Waals surface area contributed by atoms with E-state index in [1.807, 2.05) is 13.8 Å². The van der Waals surface area contributed by atoms with Gasteiger partial charge in [-0.25, -0.2) is 0 Å². The van der Waals surface area contributed by atoms with Crippen LogP contribution in [0.4, 0.5) is 0 Å². The van der Waals surface area contributed by atoms with Gasteiger partial charge in [0.15, 0.2) is 0 Å². The van der Waals surface area contributed by atoms with E-state index in [1.54, 1.807) is 0 Å². The first-order valence-corrected chi connectivity index (χ1v) is 7.28. The molecule has 0 bridgehead atoms. The van der Waals surface area contributed by atoms with E-state index in [1.165, 1.54) is 4.90 Å². The van der Waals surface area contributed by atoms with Crippen LogP contribution in [-0.2, 0) is 9.59 Å².